The SMILES string of the molecule is COc1ccccc1-n1c(SCC(=O)Nc2ccc(OC(F)(F)F)cc2)nc2c(c1=O)SCC2. The molecule has 0 saturated carbocycles. The molecule has 3 aromatic rings. The number of methoxy groups -OCH3 is 1. The Balaban J connectivity index is 1.53. The summed E-state index contributed by atoms with van der Waals surface area (Å²) in [4.78, 5) is 31.0. The molecule has 0 unspecified atom stereocenters. The molecular formula is C22H18F3N3O4S2. The van der Waals surface area contributed by atoms with E-state index >= 15 is 0 Å². The van der Waals surface area contributed by atoms with E-state index < -0.39 is 12.3 Å². The maximum absolute atomic E-state index is 13.3. The molecule has 0 atom stereocenters. The van der Waals surface area contributed by atoms with Gasteiger partial charge in [0.1, 0.15) is 11.5 Å². The summed E-state index contributed by atoms with van der Waals surface area (Å²) in [7, 11) is 1.50. The zero-order valence-corrected chi connectivity index (χ0v) is 19.4. The van der Waals surface area contributed by atoms with Crippen molar-refractivity contribution in [2.75, 3.05) is 23.9 Å². The van der Waals surface area contributed by atoms with Crippen molar-refractivity contribution in [2.45, 2.75) is 22.8 Å². The standard InChI is InChI=1S/C22H18F3N3O4S2/c1-31-17-5-3-2-4-16(17)28-20(30)19-15(10-11-33-19)27-21(28)34-12-18(29)26-13-6-8-14(9-7-13)32-22(23,24)25/h2-9H,10-12H2,1H3,(H,26,29). The predicted molar refractivity (Wildman–Crippen MR) is 123 cm³/mol. The van der Waals surface area contributed by atoms with E-state index in [1.807, 2.05) is 0 Å². The van der Waals surface area contributed by atoms with Gasteiger partial charge in [-0.2, -0.15) is 0 Å². The van der Waals surface area contributed by atoms with Crippen LogP contribution >= 0.6 is 23.5 Å². The molecule has 34 heavy (non-hydrogen) atoms. The molecule has 1 aliphatic heterocycles. The van der Waals surface area contributed by atoms with E-state index in [-0.39, 0.29) is 17.1 Å². The Morgan fingerprint density at radius 1 is 1.21 bits per heavy atom. The Hall–Kier alpha value is -3.12. The van der Waals surface area contributed by atoms with Crippen molar-refractivity contribution < 1.29 is 27.4 Å². The fourth-order valence-corrected chi connectivity index (χ4v) is 5.13. The molecule has 0 saturated heterocycles. The number of aromatic nitrogens is 2. The Morgan fingerprint density at radius 3 is 2.65 bits per heavy atom. The van der Waals surface area contributed by atoms with Crippen LogP contribution in [0.15, 0.2) is 63.4 Å². The second-order valence-electron chi connectivity index (χ2n) is 6.99. The van der Waals surface area contributed by atoms with E-state index in [0.717, 1.165) is 29.6 Å². The molecule has 1 aliphatic rings. The number of nitrogens with zero attached hydrogens (tertiary/aromatic N) is 2. The van der Waals surface area contributed by atoms with Crippen molar-refractivity contribution in [3.8, 4) is 17.2 Å². The van der Waals surface area contributed by atoms with Gasteiger partial charge in [-0.15, -0.1) is 24.9 Å². The number of aryl methyl sites for hydroxylation is 1. The second kappa shape index (κ2) is 10.0. The van der Waals surface area contributed by atoms with Crippen LogP contribution in [0, 0.1) is 0 Å². The van der Waals surface area contributed by atoms with Crippen molar-refractivity contribution in [1.29, 1.82) is 0 Å². The van der Waals surface area contributed by atoms with E-state index in [1.165, 1.54) is 35.6 Å². The monoisotopic (exact) mass is 509 g/mol. The van der Waals surface area contributed by atoms with Gasteiger partial charge in [0.2, 0.25) is 5.91 Å². The first-order valence-electron chi connectivity index (χ1n) is 9.96. The number of benzene rings is 2. The number of rotatable bonds is 7. The molecule has 0 aliphatic carbocycles. The van der Waals surface area contributed by atoms with E-state index in [0.29, 0.717) is 39.3 Å². The first kappa shape index (κ1) is 24.0. The first-order valence-corrected chi connectivity index (χ1v) is 11.9. The average Bonchev–Trinajstić information content (AvgIpc) is 3.27. The van der Waals surface area contributed by atoms with Crippen LogP contribution in [-0.4, -0.2) is 40.4 Å². The third-order valence-corrected chi connectivity index (χ3v) is 6.74. The lowest BCUT2D eigenvalue weighted by Crippen LogP contribution is -2.25. The first-order chi connectivity index (χ1) is 16.2. The third-order valence-electron chi connectivity index (χ3n) is 4.70. The summed E-state index contributed by atoms with van der Waals surface area (Å²) in [6.45, 7) is 0. The normalized spacial score (nSPS) is 12.8. The smallest absolute Gasteiger partial charge is 0.495 e. The summed E-state index contributed by atoms with van der Waals surface area (Å²) < 4.78 is 47.6. The molecule has 0 bridgehead atoms. The van der Waals surface area contributed by atoms with Crippen molar-refractivity contribution in [3.05, 3.63) is 64.6 Å². The van der Waals surface area contributed by atoms with Crippen LogP contribution in [0.5, 0.6) is 11.5 Å². The topological polar surface area (TPSA) is 82.4 Å². The maximum atomic E-state index is 13.3. The van der Waals surface area contributed by atoms with Gasteiger partial charge >= 0.3 is 6.36 Å². The lowest BCUT2D eigenvalue weighted by molar-refractivity contribution is -0.274. The van der Waals surface area contributed by atoms with Crippen molar-refractivity contribution >= 4 is 35.1 Å². The molecule has 12 heteroatoms. The molecule has 0 fully saturated rings. The zero-order chi connectivity index (χ0) is 24.3. The number of para-hydroxylation sites is 2. The number of carbonyl (C=O) groups excluding carboxylic acids is 1. The molecule has 1 aromatic heterocycles. The van der Waals surface area contributed by atoms with Crippen LogP contribution in [0.3, 0.4) is 0 Å². The molecule has 1 amide bonds. The summed E-state index contributed by atoms with van der Waals surface area (Å²) in [6.07, 6.45) is -4.13. The fraction of sp³-hybridized carbons (Fsp3) is 0.227. The largest absolute Gasteiger partial charge is 0.573 e. The highest BCUT2D eigenvalue weighted by Gasteiger charge is 2.31. The second-order valence-corrected chi connectivity index (χ2v) is 9.04. The maximum Gasteiger partial charge on any atom is 0.573 e. The van der Waals surface area contributed by atoms with E-state index in [2.05, 4.69) is 15.0 Å². The third kappa shape index (κ3) is 5.50. The van der Waals surface area contributed by atoms with Gasteiger partial charge in [-0.25, -0.2) is 4.98 Å². The number of hydrogen-bond acceptors (Lipinski definition) is 7. The highest BCUT2D eigenvalue weighted by molar-refractivity contribution is 8.00. The van der Waals surface area contributed by atoms with Crippen LogP contribution in [-0.2, 0) is 11.2 Å². The Morgan fingerprint density at radius 2 is 1.94 bits per heavy atom. The van der Waals surface area contributed by atoms with Gasteiger partial charge < -0.3 is 14.8 Å². The van der Waals surface area contributed by atoms with E-state index in [4.69, 9.17) is 4.74 Å². The Bertz CT molecular complexity index is 1260. The summed E-state index contributed by atoms with van der Waals surface area (Å²) >= 11 is 2.53. The van der Waals surface area contributed by atoms with Crippen LogP contribution in [0.25, 0.3) is 5.69 Å². The van der Waals surface area contributed by atoms with Crippen LogP contribution in [0.4, 0.5) is 18.9 Å². The molecule has 0 radical (unpaired) electrons. The van der Waals surface area contributed by atoms with Gasteiger partial charge in [-0.3, -0.25) is 14.2 Å². The number of fused-ring (bicyclic) bond motifs is 1. The average molecular weight is 510 g/mol. The molecule has 7 nitrogen and oxygen atoms in total. The summed E-state index contributed by atoms with van der Waals surface area (Å²) in [5.41, 5.74) is 1.30. The van der Waals surface area contributed by atoms with Crippen LogP contribution in [0.1, 0.15) is 5.69 Å². The van der Waals surface area contributed by atoms with Crippen LogP contribution in [0.2, 0.25) is 0 Å². The van der Waals surface area contributed by atoms with E-state index in [1.54, 1.807) is 24.3 Å². The van der Waals surface area contributed by atoms with Gasteiger partial charge in [0.15, 0.2) is 5.16 Å². The minimum Gasteiger partial charge on any atom is -0.495 e. The lowest BCUT2D eigenvalue weighted by atomic mass is 10.2. The number of amides is 1. The molecule has 0 spiro atoms. The molecular weight excluding hydrogens is 491 g/mol. The Labute approximate surface area is 200 Å². The molecule has 178 valence electrons. The van der Waals surface area contributed by atoms with Crippen molar-refractivity contribution in [2.24, 2.45) is 0 Å². The minimum absolute atomic E-state index is 0.0751. The number of alkyl halides is 3. The van der Waals surface area contributed by atoms with Crippen molar-refractivity contribution in [1.82, 2.24) is 9.55 Å². The summed E-state index contributed by atoms with van der Waals surface area (Å²) in [5, 5.41) is 2.96. The molecule has 2 aromatic carbocycles. The van der Waals surface area contributed by atoms with Crippen molar-refractivity contribution in [3.63, 3.8) is 0 Å². The molecule has 2 heterocycles. The predicted octanol–water partition coefficient (Wildman–Crippen LogP) is 4.52. The number of anilines is 1. The molecule has 4 rings (SSSR count). The summed E-state index contributed by atoms with van der Waals surface area (Å²) in [5.74, 6) is 0.369. The van der Waals surface area contributed by atoms with Gasteiger partial charge in [0.05, 0.1) is 29.1 Å². The highest BCUT2D eigenvalue weighted by Crippen LogP contribution is 2.32. The molecule has 1 N–H and O–H groups in total. The van der Waals surface area contributed by atoms with Gasteiger partial charge in [-0.05, 0) is 36.4 Å². The highest BCUT2D eigenvalue weighted by atomic mass is 32.2. The summed E-state index contributed by atoms with van der Waals surface area (Å²) in [6, 6.07) is 11.9. The fourth-order valence-electron chi connectivity index (χ4n) is 3.28. The number of nitrogens with one attached hydrogen (secondary N) is 1. The van der Waals surface area contributed by atoms with Crippen LogP contribution < -0.4 is 20.3 Å². The number of halogens is 3. The number of carbonyl (C=O) groups is 1. The minimum atomic E-state index is -4.79. The van der Waals surface area contributed by atoms with Gasteiger partial charge in [0.25, 0.3) is 5.56 Å². The zero-order valence-electron chi connectivity index (χ0n) is 17.7. The van der Waals surface area contributed by atoms with Gasteiger partial charge in [0, 0.05) is 17.9 Å². The number of thioether (sulfide) groups is 2. The van der Waals surface area contributed by atoms with E-state index in [9.17, 15) is 22.8 Å². The lowest BCUT2D eigenvalue weighted by Gasteiger charge is -2.16. The number of hydrogen-bond donors (Lipinski definition) is 1. The number of ether oxygens (including phenoxy) is 2. The van der Waals surface area contributed by atoms with Gasteiger partial charge in [-0.1, -0.05) is 23.9 Å². The quantitative estimate of drug-likeness (QED) is 0.371. The Kier molecular flexibility index (Phi) is 7.08.